The molecule has 1 aromatic heterocycles. The predicted octanol–water partition coefficient (Wildman–Crippen LogP) is 4.46. The van der Waals surface area contributed by atoms with E-state index < -0.39 is 0 Å². The molecule has 2 unspecified atom stereocenters. The molecule has 0 saturated heterocycles. The van der Waals surface area contributed by atoms with Gasteiger partial charge in [-0.1, -0.05) is 37.8 Å². The van der Waals surface area contributed by atoms with Crippen molar-refractivity contribution < 1.29 is 0 Å². The van der Waals surface area contributed by atoms with Gasteiger partial charge in [0.1, 0.15) is 0 Å². The van der Waals surface area contributed by atoms with Crippen molar-refractivity contribution >= 4 is 22.9 Å². The molecule has 0 aliphatic heterocycles. The van der Waals surface area contributed by atoms with Gasteiger partial charge in [-0.05, 0) is 30.9 Å². The van der Waals surface area contributed by atoms with E-state index >= 15 is 0 Å². The molecule has 0 spiro atoms. The first-order valence-electron chi connectivity index (χ1n) is 6.25. The Labute approximate surface area is 107 Å². The van der Waals surface area contributed by atoms with Gasteiger partial charge in [0.2, 0.25) is 0 Å². The number of thiophene rings is 1. The van der Waals surface area contributed by atoms with Gasteiger partial charge in [0.05, 0.1) is 4.34 Å². The molecule has 2 atom stereocenters. The fourth-order valence-electron chi connectivity index (χ4n) is 2.54. The highest BCUT2D eigenvalue weighted by atomic mass is 35.5. The zero-order chi connectivity index (χ0) is 11.4. The average Bonchev–Trinajstić information content (AvgIpc) is 2.73. The van der Waals surface area contributed by atoms with Crippen LogP contribution in [0, 0.1) is 5.92 Å². The lowest BCUT2D eigenvalue weighted by atomic mass is 9.84. The molecule has 1 nitrogen and oxygen atoms in total. The lowest BCUT2D eigenvalue weighted by molar-refractivity contribution is 0.279. The van der Waals surface area contributed by atoms with Crippen LogP contribution in [0.4, 0.5) is 0 Å². The van der Waals surface area contributed by atoms with Crippen molar-refractivity contribution in [3.63, 3.8) is 0 Å². The highest BCUT2D eigenvalue weighted by Crippen LogP contribution is 2.27. The Morgan fingerprint density at radius 2 is 2.31 bits per heavy atom. The van der Waals surface area contributed by atoms with E-state index in [2.05, 4.69) is 18.3 Å². The smallest absolute Gasteiger partial charge is 0.0931 e. The zero-order valence-electron chi connectivity index (χ0n) is 9.84. The minimum absolute atomic E-state index is 0.722. The zero-order valence-corrected chi connectivity index (χ0v) is 11.4. The molecule has 1 N–H and O–H groups in total. The van der Waals surface area contributed by atoms with Crippen LogP contribution in [0.1, 0.15) is 43.9 Å². The lowest BCUT2D eigenvalue weighted by Gasteiger charge is -2.29. The summed E-state index contributed by atoms with van der Waals surface area (Å²) in [7, 11) is 0. The van der Waals surface area contributed by atoms with E-state index in [4.69, 9.17) is 11.6 Å². The molecule has 1 aliphatic rings. The minimum atomic E-state index is 0.722. The molecular weight excluding hydrogens is 238 g/mol. The first kappa shape index (κ1) is 12.4. The molecule has 1 aliphatic carbocycles. The van der Waals surface area contributed by atoms with Gasteiger partial charge >= 0.3 is 0 Å². The van der Waals surface area contributed by atoms with E-state index in [-0.39, 0.29) is 0 Å². The first-order chi connectivity index (χ1) is 7.78. The molecule has 0 radical (unpaired) electrons. The maximum atomic E-state index is 5.92. The van der Waals surface area contributed by atoms with Crippen LogP contribution in [0.15, 0.2) is 12.1 Å². The summed E-state index contributed by atoms with van der Waals surface area (Å²) >= 11 is 7.60. The van der Waals surface area contributed by atoms with Crippen molar-refractivity contribution in [3.05, 3.63) is 21.3 Å². The van der Waals surface area contributed by atoms with Crippen LogP contribution >= 0.6 is 22.9 Å². The van der Waals surface area contributed by atoms with Crippen LogP contribution in [-0.4, -0.2) is 6.04 Å². The highest BCUT2D eigenvalue weighted by molar-refractivity contribution is 7.16. The van der Waals surface area contributed by atoms with E-state index in [1.165, 1.54) is 37.0 Å². The van der Waals surface area contributed by atoms with Crippen LogP contribution in [0.25, 0.3) is 0 Å². The quantitative estimate of drug-likeness (QED) is 0.840. The second-order valence-electron chi connectivity index (χ2n) is 4.72. The molecule has 1 fully saturated rings. The van der Waals surface area contributed by atoms with Gasteiger partial charge in [-0.3, -0.25) is 0 Å². The molecular formula is C13H20ClNS. The third-order valence-corrected chi connectivity index (χ3v) is 4.79. The van der Waals surface area contributed by atoms with Crippen LogP contribution < -0.4 is 5.32 Å². The van der Waals surface area contributed by atoms with Gasteiger partial charge in [0, 0.05) is 17.5 Å². The van der Waals surface area contributed by atoms with Crippen LogP contribution in [0.2, 0.25) is 4.34 Å². The summed E-state index contributed by atoms with van der Waals surface area (Å²) in [5.74, 6) is 0.943. The van der Waals surface area contributed by atoms with Crippen molar-refractivity contribution in [2.75, 3.05) is 0 Å². The molecule has 0 amide bonds. The monoisotopic (exact) mass is 257 g/mol. The molecule has 0 aromatic carbocycles. The Hall–Kier alpha value is -0.0500. The Morgan fingerprint density at radius 1 is 1.44 bits per heavy atom. The van der Waals surface area contributed by atoms with Gasteiger partial charge in [-0.25, -0.2) is 0 Å². The summed E-state index contributed by atoms with van der Waals surface area (Å²) in [6, 6.07) is 4.83. The largest absolute Gasteiger partial charge is 0.309 e. The molecule has 16 heavy (non-hydrogen) atoms. The molecule has 3 heteroatoms. The summed E-state index contributed by atoms with van der Waals surface area (Å²) in [5, 5.41) is 3.67. The highest BCUT2D eigenvalue weighted by Gasteiger charge is 2.20. The molecule has 1 aromatic rings. The molecule has 2 rings (SSSR count). The second-order valence-corrected chi connectivity index (χ2v) is 6.52. The number of nitrogens with one attached hydrogen (secondary N) is 1. The maximum absolute atomic E-state index is 5.92. The molecule has 1 heterocycles. The number of rotatable bonds is 4. The van der Waals surface area contributed by atoms with Crippen LogP contribution in [0.5, 0.6) is 0 Å². The standard InChI is InChI=1S/C13H20ClNS/c1-2-10-4-3-5-11(8-10)15-9-12-6-7-13(14)16-12/h6-7,10-11,15H,2-5,8-9H2,1H3. The van der Waals surface area contributed by atoms with Gasteiger partial charge in [0.25, 0.3) is 0 Å². The molecule has 90 valence electrons. The minimum Gasteiger partial charge on any atom is -0.309 e. The van der Waals surface area contributed by atoms with E-state index in [1.807, 2.05) is 6.07 Å². The average molecular weight is 258 g/mol. The normalized spacial score (nSPS) is 25.9. The van der Waals surface area contributed by atoms with Crippen molar-refractivity contribution in [3.8, 4) is 0 Å². The maximum Gasteiger partial charge on any atom is 0.0931 e. The van der Waals surface area contributed by atoms with E-state index in [9.17, 15) is 0 Å². The Bertz CT molecular complexity index is 323. The first-order valence-corrected chi connectivity index (χ1v) is 7.45. The number of halogens is 1. The van der Waals surface area contributed by atoms with Crippen molar-refractivity contribution in [1.29, 1.82) is 0 Å². The van der Waals surface area contributed by atoms with E-state index in [0.29, 0.717) is 0 Å². The Balaban J connectivity index is 1.77. The summed E-state index contributed by atoms with van der Waals surface area (Å²) in [5.41, 5.74) is 0. The van der Waals surface area contributed by atoms with E-state index in [1.54, 1.807) is 11.3 Å². The third kappa shape index (κ3) is 3.47. The number of hydrogen-bond acceptors (Lipinski definition) is 2. The topological polar surface area (TPSA) is 12.0 Å². The Morgan fingerprint density at radius 3 is 3.00 bits per heavy atom. The number of hydrogen-bond donors (Lipinski definition) is 1. The van der Waals surface area contributed by atoms with Crippen LogP contribution in [-0.2, 0) is 6.54 Å². The predicted molar refractivity (Wildman–Crippen MR) is 72.2 cm³/mol. The fraction of sp³-hybridized carbons (Fsp3) is 0.692. The van der Waals surface area contributed by atoms with Gasteiger partial charge in [-0.2, -0.15) is 0 Å². The van der Waals surface area contributed by atoms with Crippen molar-refractivity contribution in [1.82, 2.24) is 5.32 Å². The second kappa shape index (κ2) is 6.04. The van der Waals surface area contributed by atoms with Gasteiger partial charge < -0.3 is 5.32 Å². The third-order valence-electron chi connectivity index (χ3n) is 3.55. The lowest BCUT2D eigenvalue weighted by Crippen LogP contribution is -2.33. The van der Waals surface area contributed by atoms with Gasteiger partial charge in [0.15, 0.2) is 0 Å². The van der Waals surface area contributed by atoms with Gasteiger partial charge in [-0.15, -0.1) is 11.3 Å². The fourth-order valence-corrected chi connectivity index (χ4v) is 3.58. The summed E-state index contributed by atoms with van der Waals surface area (Å²) in [4.78, 5) is 1.35. The summed E-state index contributed by atoms with van der Waals surface area (Å²) in [6.45, 7) is 3.30. The molecule has 1 saturated carbocycles. The SMILES string of the molecule is CCC1CCCC(NCc2ccc(Cl)s2)C1. The summed E-state index contributed by atoms with van der Waals surface area (Å²) < 4.78 is 0.895. The van der Waals surface area contributed by atoms with E-state index in [0.717, 1.165) is 22.8 Å². The molecule has 0 bridgehead atoms. The Kier molecular flexibility index (Phi) is 4.68. The van der Waals surface area contributed by atoms with Crippen molar-refractivity contribution in [2.24, 2.45) is 5.92 Å². The summed E-state index contributed by atoms with van der Waals surface area (Å²) in [6.07, 6.45) is 6.86. The van der Waals surface area contributed by atoms with Crippen molar-refractivity contribution in [2.45, 2.75) is 51.6 Å². The van der Waals surface area contributed by atoms with Crippen LogP contribution in [0.3, 0.4) is 0 Å².